The summed E-state index contributed by atoms with van der Waals surface area (Å²) in [5, 5.41) is 9.29. The van der Waals surface area contributed by atoms with Crippen LogP contribution in [0, 0.1) is 5.92 Å². The van der Waals surface area contributed by atoms with Gasteiger partial charge in [-0.3, -0.25) is 29.4 Å². The van der Waals surface area contributed by atoms with Crippen LogP contribution in [0.2, 0.25) is 0 Å². The van der Waals surface area contributed by atoms with Crippen molar-refractivity contribution < 1.29 is 4.79 Å². The maximum Gasteiger partial charge on any atom is 0.232 e. The predicted molar refractivity (Wildman–Crippen MR) is 143 cm³/mol. The maximum atomic E-state index is 13.5. The second kappa shape index (κ2) is 7.79. The van der Waals surface area contributed by atoms with Crippen LogP contribution in [0.1, 0.15) is 25.1 Å². The third-order valence-electron chi connectivity index (χ3n) is 6.23. The number of hydrogen-bond donors (Lipinski definition) is 2. The molecular formula is C26H20N8OS. The van der Waals surface area contributed by atoms with Crippen molar-refractivity contribution in [3.05, 3.63) is 55.1 Å². The van der Waals surface area contributed by atoms with Gasteiger partial charge in [-0.05, 0) is 36.2 Å². The fourth-order valence-corrected chi connectivity index (χ4v) is 5.62. The minimum atomic E-state index is 0.00965. The minimum Gasteiger partial charge on any atom is -0.336 e. The van der Waals surface area contributed by atoms with Gasteiger partial charge in [0.15, 0.2) is 5.65 Å². The van der Waals surface area contributed by atoms with Gasteiger partial charge in [0.1, 0.15) is 21.4 Å². The zero-order chi connectivity index (χ0) is 24.4. The molecule has 10 heteroatoms. The zero-order valence-electron chi connectivity index (χ0n) is 19.5. The molecule has 0 fully saturated rings. The highest BCUT2D eigenvalue weighted by Gasteiger charge is 2.14. The third kappa shape index (κ3) is 3.22. The number of H-pyrrole nitrogens is 2. The average molecular weight is 493 g/mol. The zero-order valence-corrected chi connectivity index (χ0v) is 20.3. The summed E-state index contributed by atoms with van der Waals surface area (Å²) in [6.07, 6.45) is 7.42. The SMILES string of the molecule is CC(C)CC(=O)n1c2cncc(c2)c2cc3c(cn2)[nH]nc3c2nc3c(ccnc3c3ccc1s3)[nH]2. The number of nitrogens with zero attached hydrogens (tertiary/aromatic N) is 6. The smallest absolute Gasteiger partial charge is 0.232 e. The Balaban J connectivity index is 1.73. The molecule has 0 aliphatic carbocycles. The molecule has 0 spiro atoms. The van der Waals surface area contributed by atoms with Crippen molar-refractivity contribution in [2.24, 2.45) is 5.92 Å². The van der Waals surface area contributed by atoms with Gasteiger partial charge in [-0.1, -0.05) is 13.8 Å². The molecule has 7 aromatic rings. The Morgan fingerprint density at radius 3 is 2.83 bits per heavy atom. The molecule has 0 saturated carbocycles. The molecule has 36 heavy (non-hydrogen) atoms. The van der Waals surface area contributed by atoms with E-state index in [2.05, 4.69) is 30.1 Å². The van der Waals surface area contributed by atoms with Crippen molar-refractivity contribution in [2.75, 3.05) is 0 Å². The van der Waals surface area contributed by atoms with E-state index in [1.54, 1.807) is 29.4 Å². The van der Waals surface area contributed by atoms with Gasteiger partial charge in [-0.2, -0.15) is 5.10 Å². The Hall–Kier alpha value is -4.44. The van der Waals surface area contributed by atoms with Crippen LogP contribution in [0.5, 0.6) is 0 Å². The number of fused-ring (bicyclic) bond motifs is 9. The van der Waals surface area contributed by atoms with Gasteiger partial charge < -0.3 is 4.98 Å². The van der Waals surface area contributed by atoms with Gasteiger partial charge in [0.25, 0.3) is 0 Å². The van der Waals surface area contributed by atoms with Crippen molar-refractivity contribution in [1.82, 2.24) is 39.7 Å². The number of hydrogen-bond acceptors (Lipinski definition) is 7. The van der Waals surface area contributed by atoms with Crippen molar-refractivity contribution >= 4 is 81.8 Å². The van der Waals surface area contributed by atoms with Crippen LogP contribution in [0.25, 0.3) is 64.6 Å². The first-order valence-corrected chi connectivity index (χ1v) is 12.4. The van der Waals surface area contributed by atoms with Crippen molar-refractivity contribution in [2.45, 2.75) is 20.3 Å². The van der Waals surface area contributed by atoms with Crippen molar-refractivity contribution in [3.8, 4) is 0 Å². The molecule has 0 radical (unpaired) electrons. The molecule has 2 N–H and O–H groups in total. The number of imidazole rings is 1. The molecule has 9 nitrogen and oxygen atoms in total. The molecule has 0 saturated heterocycles. The molecule has 0 amide bonds. The Labute approximate surface area is 207 Å². The van der Waals surface area contributed by atoms with E-state index in [9.17, 15) is 4.79 Å². The highest BCUT2D eigenvalue weighted by molar-refractivity contribution is 7.24. The standard InChI is InChI=1S/C26H20N8OS/c1-13(2)7-21(35)34-15-8-14(10-27-11-15)18-9-16-19(12-29-18)32-33-23(16)26-30-17-5-6-28-25(24(17)31-26)20-3-4-22(34)36-20/h3-6,8-13H,7H2,1-2H3,(H,30,31)(H,32,33). The lowest BCUT2D eigenvalue weighted by atomic mass is 10.1. The molecule has 7 heterocycles. The molecule has 0 aliphatic rings. The lowest BCUT2D eigenvalue weighted by molar-refractivity contribution is 0.0897. The highest BCUT2D eigenvalue weighted by Crippen LogP contribution is 2.29. The summed E-state index contributed by atoms with van der Waals surface area (Å²) >= 11 is 1.50. The minimum absolute atomic E-state index is 0.00965. The highest BCUT2D eigenvalue weighted by atomic mass is 32.1. The molecular weight excluding hydrogens is 472 g/mol. The van der Waals surface area contributed by atoms with Crippen LogP contribution >= 0.6 is 11.3 Å². The first kappa shape index (κ1) is 20.9. The van der Waals surface area contributed by atoms with E-state index >= 15 is 0 Å². The summed E-state index contributed by atoms with van der Waals surface area (Å²) in [5.41, 5.74) is 5.96. The number of thiophene rings is 1. The molecule has 7 rings (SSSR count). The lowest BCUT2D eigenvalue weighted by Crippen LogP contribution is -2.13. The number of pyridine rings is 3. The predicted octanol–water partition coefficient (Wildman–Crippen LogP) is 5.91. The number of rotatable bonds is 2. The summed E-state index contributed by atoms with van der Waals surface area (Å²) in [6.45, 7) is 4.09. The van der Waals surface area contributed by atoms with Gasteiger partial charge in [-0.25, -0.2) is 4.98 Å². The Morgan fingerprint density at radius 1 is 1.03 bits per heavy atom. The van der Waals surface area contributed by atoms with Gasteiger partial charge >= 0.3 is 0 Å². The normalized spacial score (nSPS) is 12.1. The molecule has 8 bridgehead atoms. The van der Waals surface area contributed by atoms with Crippen LogP contribution in [-0.4, -0.2) is 45.6 Å². The molecule has 7 aromatic heterocycles. The van der Waals surface area contributed by atoms with Gasteiger partial charge in [0, 0.05) is 29.6 Å². The topological polar surface area (TPSA) is 118 Å². The maximum absolute atomic E-state index is 13.5. The van der Waals surface area contributed by atoms with E-state index in [4.69, 9.17) is 4.98 Å². The first-order valence-electron chi connectivity index (χ1n) is 11.6. The van der Waals surface area contributed by atoms with Crippen LogP contribution in [-0.2, 0) is 0 Å². The second-order valence-electron chi connectivity index (χ2n) is 9.23. The van der Waals surface area contributed by atoms with E-state index in [-0.39, 0.29) is 11.8 Å². The van der Waals surface area contributed by atoms with Crippen molar-refractivity contribution in [1.29, 1.82) is 0 Å². The largest absolute Gasteiger partial charge is 0.336 e. The van der Waals surface area contributed by atoms with Crippen molar-refractivity contribution in [3.63, 3.8) is 0 Å². The molecule has 0 aromatic carbocycles. The van der Waals surface area contributed by atoms with Crippen LogP contribution < -0.4 is 0 Å². The van der Waals surface area contributed by atoms with E-state index in [1.165, 1.54) is 11.3 Å². The van der Waals surface area contributed by atoms with Gasteiger partial charge in [0.2, 0.25) is 5.91 Å². The monoisotopic (exact) mass is 492 g/mol. The summed E-state index contributed by atoms with van der Waals surface area (Å²) in [4.78, 5) is 36.4. The number of aromatic nitrogens is 8. The Kier molecular flexibility index (Phi) is 4.52. The summed E-state index contributed by atoms with van der Waals surface area (Å²) in [5.74, 6) is 0.224. The van der Waals surface area contributed by atoms with Gasteiger partial charge in [-0.15, -0.1) is 11.3 Å². The molecule has 0 atom stereocenters. The fraction of sp³-hybridized carbons (Fsp3) is 0.154. The number of aromatic amines is 2. The molecule has 176 valence electrons. The van der Waals surface area contributed by atoms with Gasteiger partial charge in [0.05, 0.1) is 39.2 Å². The first-order chi connectivity index (χ1) is 17.5. The number of nitrogens with one attached hydrogen (secondary N) is 2. The van der Waals surface area contributed by atoms with E-state index in [0.717, 1.165) is 47.9 Å². The summed E-state index contributed by atoms with van der Waals surface area (Å²) in [6, 6.07) is 9.79. The Bertz CT molecular complexity index is 2040. The lowest BCUT2D eigenvalue weighted by Gasteiger charge is -2.09. The quantitative estimate of drug-likeness (QED) is 0.310. The second-order valence-corrected chi connectivity index (χ2v) is 10.3. The summed E-state index contributed by atoms with van der Waals surface area (Å²) in [7, 11) is 0. The van der Waals surface area contributed by atoms with Crippen LogP contribution in [0.4, 0.5) is 0 Å². The number of carbonyl (C=O) groups is 1. The fourth-order valence-electron chi connectivity index (χ4n) is 4.58. The summed E-state index contributed by atoms with van der Waals surface area (Å²) < 4.78 is 2.67. The number of carbonyl (C=O) groups excluding carboxylic acids is 1. The van der Waals surface area contributed by atoms with Crippen LogP contribution in [0.3, 0.4) is 0 Å². The van der Waals surface area contributed by atoms with E-state index in [0.29, 0.717) is 23.1 Å². The Morgan fingerprint density at radius 2 is 1.94 bits per heavy atom. The third-order valence-corrected chi connectivity index (χ3v) is 7.31. The molecule has 0 aliphatic heterocycles. The van der Waals surface area contributed by atoms with E-state index < -0.39 is 0 Å². The molecule has 0 unspecified atom stereocenters. The average Bonchev–Trinajstić information content (AvgIpc) is 3.60. The van der Waals surface area contributed by atoms with E-state index in [1.807, 2.05) is 44.2 Å². The van der Waals surface area contributed by atoms with Crippen LogP contribution in [0.15, 0.2) is 55.1 Å².